The molecule has 0 aromatic heterocycles. The van der Waals surface area contributed by atoms with E-state index < -0.39 is 0 Å². The van der Waals surface area contributed by atoms with E-state index in [0.29, 0.717) is 12.1 Å². The molecule has 4 heteroatoms. The highest BCUT2D eigenvalue weighted by Crippen LogP contribution is 2.08. The molecule has 1 aromatic carbocycles. The lowest BCUT2D eigenvalue weighted by atomic mass is 10.1. The van der Waals surface area contributed by atoms with E-state index >= 15 is 0 Å². The number of likely N-dealkylation sites (N-methyl/N-ethyl adjacent to an activating group) is 1. The van der Waals surface area contributed by atoms with Crippen LogP contribution in [0.2, 0.25) is 0 Å². The first kappa shape index (κ1) is 16.8. The quantitative estimate of drug-likeness (QED) is 0.693. The van der Waals surface area contributed by atoms with Gasteiger partial charge in [-0.3, -0.25) is 9.69 Å². The van der Waals surface area contributed by atoms with Crippen LogP contribution in [-0.4, -0.2) is 55.9 Å². The molecule has 0 aliphatic heterocycles. The Morgan fingerprint density at radius 1 is 1.20 bits per heavy atom. The lowest BCUT2D eigenvalue weighted by Gasteiger charge is -2.20. The molecular weight excluding hydrogens is 255 g/mol. The maximum atomic E-state index is 13.5. The van der Waals surface area contributed by atoms with Crippen molar-refractivity contribution in [2.24, 2.45) is 0 Å². The highest BCUT2D eigenvalue weighted by molar-refractivity contribution is 5.82. The van der Waals surface area contributed by atoms with Crippen LogP contribution in [0.3, 0.4) is 0 Å². The molecule has 0 amide bonds. The highest BCUT2D eigenvalue weighted by atomic mass is 19.1. The summed E-state index contributed by atoms with van der Waals surface area (Å²) in [5.41, 5.74) is 0.488. The number of ketones is 1. The summed E-state index contributed by atoms with van der Waals surface area (Å²) in [5, 5.41) is 0. The molecular formula is C16H25FN2O. The Labute approximate surface area is 121 Å². The minimum Gasteiger partial charge on any atom is -0.309 e. The van der Waals surface area contributed by atoms with Crippen LogP contribution in [0.25, 0.3) is 0 Å². The Balaban J connectivity index is 2.41. The van der Waals surface area contributed by atoms with Crippen molar-refractivity contribution in [2.75, 3.05) is 40.3 Å². The normalized spacial score (nSPS) is 11.3. The second-order valence-electron chi connectivity index (χ2n) is 5.33. The third-order valence-electron chi connectivity index (χ3n) is 3.27. The first-order valence-electron chi connectivity index (χ1n) is 7.15. The minimum absolute atomic E-state index is 0.0711. The van der Waals surface area contributed by atoms with Crippen molar-refractivity contribution in [3.05, 3.63) is 35.6 Å². The summed E-state index contributed by atoms with van der Waals surface area (Å²) in [4.78, 5) is 16.3. The van der Waals surface area contributed by atoms with Gasteiger partial charge in [0, 0.05) is 6.42 Å². The molecule has 0 fully saturated rings. The molecule has 0 aliphatic rings. The van der Waals surface area contributed by atoms with Gasteiger partial charge in [-0.2, -0.15) is 0 Å². The maximum absolute atomic E-state index is 13.5. The number of halogens is 1. The summed E-state index contributed by atoms with van der Waals surface area (Å²) >= 11 is 0. The highest BCUT2D eigenvalue weighted by Gasteiger charge is 2.11. The number of hydrogen-bond acceptors (Lipinski definition) is 3. The van der Waals surface area contributed by atoms with Gasteiger partial charge in [-0.1, -0.05) is 25.1 Å². The molecule has 0 bridgehead atoms. The van der Waals surface area contributed by atoms with E-state index in [1.54, 1.807) is 18.2 Å². The average Bonchev–Trinajstić information content (AvgIpc) is 2.40. The molecule has 0 saturated heterocycles. The summed E-state index contributed by atoms with van der Waals surface area (Å²) < 4.78 is 13.5. The molecule has 112 valence electrons. The molecule has 1 aromatic rings. The Bertz CT molecular complexity index is 421. The Morgan fingerprint density at radius 2 is 1.90 bits per heavy atom. The molecule has 0 unspecified atom stereocenters. The monoisotopic (exact) mass is 280 g/mol. The number of hydrogen-bond donors (Lipinski definition) is 0. The van der Waals surface area contributed by atoms with Gasteiger partial charge in [0.15, 0.2) is 5.78 Å². The molecule has 20 heavy (non-hydrogen) atoms. The molecule has 0 saturated carbocycles. The van der Waals surface area contributed by atoms with Crippen molar-refractivity contribution >= 4 is 5.78 Å². The smallest absolute Gasteiger partial charge is 0.151 e. The standard InChI is InChI=1S/C16H25FN2O/c1-4-19(11-7-10-18(2)3)13-15(20)12-14-8-5-6-9-16(14)17/h5-6,8-9H,4,7,10-13H2,1-3H3. The van der Waals surface area contributed by atoms with E-state index in [1.807, 2.05) is 21.0 Å². The van der Waals surface area contributed by atoms with Gasteiger partial charge in [-0.05, 0) is 51.8 Å². The Morgan fingerprint density at radius 3 is 2.50 bits per heavy atom. The zero-order valence-corrected chi connectivity index (χ0v) is 12.7. The fourth-order valence-electron chi connectivity index (χ4n) is 2.12. The topological polar surface area (TPSA) is 23.6 Å². The van der Waals surface area contributed by atoms with Crippen LogP contribution in [0.5, 0.6) is 0 Å². The summed E-state index contributed by atoms with van der Waals surface area (Å²) in [7, 11) is 4.08. The number of Topliss-reactive ketones (excluding diaryl/α,β-unsaturated/α-hetero) is 1. The van der Waals surface area contributed by atoms with Gasteiger partial charge in [-0.15, -0.1) is 0 Å². The summed E-state index contributed by atoms with van der Waals surface area (Å²) in [6.07, 6.45) is 1.21. The molecule has 0 spiro atoms. The average molecular weight is 280 g/mol. The Kier molecular flexibility index (Phi) is 7.41. The van der Waals surface area contributed by atoms with Crippen molar-refractivity contribution in [1.82, 2.24) is 9.80 Å². The number of rotatable bonds is 9. The van der Waals surface area contributed by atoms with Gasteiger partial charge >= 0.3 is 0 Å². The van der Waals surface area contributed by atoms with Crippen molar-refractivity contribution in [3.63, 3.8) is 0 Å². The van der Waals surface area contributed by atoms with Crippen LogP contribution >= 0.6 is 0 Å². The van der Waals surface area contributed by atoms with Gasteiger partial charge in [-0.25, -0.2) is 4.39 Å². The van der Waals surface area contributed by atoms with Crippen LogP contribution < -0.4 is 0 Å². The van der Waals surface area contributed by atoms with Gasteiger partial charge in [0.25, 0.3) is 0 Å². The van der Waals surface area contributed by atoms with E-state index in [2.05, 4.69) is 9.80 Å². The predicted octanol–water partition coefficient (Wildman–Crippen LogP) is 2.21. The van der Waals surface area contributed by atoms with Gasteiger partial charge < -0.3 is 4.90 Å². The van der Waals surface area contributed by atoms with Crippen LogP contribution in [-0.2, 0) is 11.2 Å². The zero-order chi connectivity index (χ0) is 15.0. The van der Waals surface area contributed by atoms with Crippen LogP contribution in [0.1, 0.15) is 18.9 Å². The molecule has 1 rings (SSSR count). The third-order valence-corrected chi connectivity index (χ3v) is 3.27. The van der Waals surface area contributed by atoms with Crippen LogP contribution in [0, 0.1) is 5.82 Å². The molecule has 0 atom stereocenters. The summed E-state index contributed by atoms with van der Waals surface area (Å²) in [6.45, 7) is 5.20. The molecule has 0 heterocycles. The number of carbonyl (C=O) groups is 1. The van der Waals surface area contributed by atoms with E-state index in [-0.39, 0.29) is 18.0 Å². The fourth-order valence-corrected chi connectivity index (χ4v) is 2.12. The second kappa shape index (κ2) is 8.82. The SMILES string of the molecule is CCN(CCCN(C)C)CC(=O)Cc1ccccc1F. The lowest BCUT2D eigenvalue weighted by Crippen LogP contribution is -2.33. The fraction of sp³-hybridized carbons (Fsp3) is 0.562. The number of nitrogens with zero attached hydrogens (tertiary/aromatic N) is 2. The molecule has 0 radical (unpaired) electrons. The van der Waals surface area contributed by atoms with E-state index in [1.165, 1.54) is 6.07 Å². The largest absolute Gasteiger partial charge is 0.309 e. The second-order valence-corrected chi connectivity index (χ2v) is 5.33. The van der Waals surface area contributed by atoms with Gasteiger partial charge in [0.05, 0.1) is 6.54 Å². The predicted molar refractivity (Wildman–Crippen MR) is 80.4 cm³/mol. The van der Waals surface area contributed by atoms with E-state index in [9.17, 15) is 9.18 Å². The molecule has 3 nitrogen and oxygen atoms in total. The first-order chi connectivity index (χ1) is 9.52. The van der Waals surface area contributed by atoms with Crippen molar-refractivity contribution < 1.29 is 9.18 Å². The van der Waals surface area contributed by atoms with Gasteiger partial charge in [0.1, 0.15) is 5.82 Å². The van der Waals surface area contributed by atoms with Crippen molar-refractivity contribution in [2.45, 2.75) is 19.8 Å². The summed E-state index contributed by atoms with van der Waals surface area (Å²) in [6, 6.07) is 6.48. The van der Waals surface area contributed by atoms with E-state index in [0.717, 1.165) is 26.1 Å². The molecule has 0 N–H and O–H groups in total. The lowest BCUT2D eigenvalue weighted by molar-refractivity contribution is -0.119. The summed E-state index contributed by atoms with van der Waals surface area (Å²) in [5.74, 6) is -0.224. The van der Waals surface area contributed by atoms with Gasteiger partial charge in [0.2, 0.25) is 0 Å². The van der Waals surface area contributed by atoms with Crippen molar-refractivity contribution in [3.8, 4) is 0 Å². The molecule has 0 aliphatic carbocycles. The van der Waals surface area contributed by atoms with Crippen LogP contribution in [0.4, 0.5) is 4.39 Å². The number of carbonyl (C=O) groups excluding carboxylic acids is 1. The van der Waals surface area contributed by atoms with E-state index in [4.69, 9.17) is 0 Å². The number of benzene rings is 1. The Hall–Kier alpha value is -1.26. The maximum Gasteiger partial charge on any atom is 0.151 e. The minimum atomic E-state index is -0.295. The van der Waals surface area contributed by atoms with Crippen LogP contribution in [0.15, 0.2) is 24.3 Å². The first-order valence-corrected chi connectivity index (χ1v) is 7.15. The zero-order valence-electron chi connectivity index (χ0n) is 12.7. The third kappa shape index (κ3) is 6.26. The van der Waals surface area contributed by atoms with Crippen molar-refractivity contribution in [1.29, 1.82) is 0 Å².